The number of nitrogens with two attached hydrogens (primary N) is 1. The molecule has 1 aliphatic heterocycles. The Kier molecular flexibility index (Phi) is 6.53. The fourth-order valence-corrected chi connectivity index (χ4v) is 4.43. The van der Waals surface area contributed by atoms with Crippen molar-refractivity contribution in [1.82, 2.24) is 9.88 Å². The second kappa shape index (κ2) is 9.51. The van der Waals surface area contributed by atoms with Gasteiger partial charge in [-0.15, -0.1) is 0 Å². The van der Waals surface area contributed by atoms with E-state index >= 15 is 4.39 Å². The maximum atomic E-state index is 15.1. The van der Waals surface area contributed by atoms with Crippen molar-refractivity contribution in [3.05, 3.63) is 64.2 Å². The van der Waals surface area contributed by atoms with E-state index in [4.69, 9.17) is 10.5 Å². The minimum absolute atomic E-state index is 0.0762. The van der Waals surface area contributed by atoms with Crippen molar-refractivity contribution in [2.75, 3.05) is 13.8 Å². The first-order chi connectivity index (χ1) is 15.5. The number of fused-ring (bicyclic) bond motifs is 1. The van der Waals surface area contributed by atoms with Crippen LogP contribution in [0.2, 0.25) is 0 Å². The van der Waals surface area contributed by atoms with Crippen LogP contribution in [0.4, 0.5) is 4.39 Å². The molecule has 1 fully saturated rings. The lowest BCUT2D eigenvalue weighted by Crippen LogP contribution is -2.46. The second-order valence-corrected chi connectivity index (χ2v) is 8.45. The van der Waals surface area contributed by atoms with Gasteiger partial charge in [0.1, 0.15) is 0 Å². The summed E-state index contributed by atoms with van der Waals surface area (Å²) < 4.78 is 20.9. The number of nitrogens with zero attached hydrogens (tertiary/aromatic N) is 3. The molecule has 1 aromatic carbocycles. The van der Waals surface area contributed by atoms with Crippen LogP contribution in [-0.2, 0) is 6.42 Å². The summed E-state index contributed by atoms with van der Waals surface area (Å²) in [6.07, 6.45) is 10.9. The third-order valence-electron chi connectivity index (χ3n) is 6.35. The molecule has 1 saturated carbocycles. The van der Waals surface area contributed by atoms with Gasteiger partial charge in [-0.1, -0.05) is 25.3 Å². The summed E-state index contributed by atoms with van der Waals surface area (Å²) in [6, 6.07) is 5.69. The van der Waals surface area contributed by atoms with E-state index in [9.17, 15) is 4.79 Å². The summed E-state index contributed by atoms with van der Waals surface area (Å²) in [6.45, 7) is 1.84. The molecule has 0 bridgehead atoms. The average molecular weight is 437 g/mol. The van der Waals surface area contributed by atoms with Gasteiger partial charge in [-0.2, -0.15) is 0 Å². The Hall–Kier alpha value is -3.22. The zero-order valence-electron chi connectivity index (χ0n) is 18.6. The molecular formula is C25H29FN4O2. The van der Waals surface area contributed by atoms with Gasteiger partial charge in [0, 0.05) is 25.5 Å². The maximum Gasteiger partial charge on any atom is 0.260 e. The van der Waals surface area contributed by atoms with Crippen molar-refractivity contribution in [2.45, 2.75) is 51.5 Å². The molecule has 1 aliphatic carbocycles. The van der Waals surface area contributed by atoms with Gasteiger partial charge < -0.3 is 15.4 Å². The van der Waals surface area contributed by atoms with Crippen LogP contribution in [0.5, 0.6) is 5.75 Å². The summed E-state index contributed by atoms with van der Waals surface area (Å²) in [4.78, 5) is 23.3. The van der Waals surface area contributed by atoms with Crippen molar-refractivity contribution < 1.29 is 13.9 Å². The molecule has 2 aliphatic rings. The summed E-state index contributed by atoms with van der Waals surface area (Å²) in [5.74, 6) is -0.515. The number of ether oxygens (including phenoxy) is 1. The lowest BCUT2D eigenvalue weighted by atomic mass is 9.92. The molecule has 2 aromatic rings. The minimum Gasteiger partial charge on any atom is -0.469 e. The van der Waals surface area contributed by atoms with E-state index in [1.807, 2.05) is 12.1 Å². The number of aliphatic imine (C=N–C) groups is 1. The molecule has 7 heteroatoms. The fourth-order valence-electron chi connectivity index (χ4n) is 4.43. The van der Waals surface area contributed by atoms with Crippen LogP contribution in [0.1, 0.15) is 64.8 Å². The van der Waals surface area contributed by atoms with E-state index in [0.717, 1.165) is 36.8 Å². The minimum atomic E-state index is -0.454. The van der Waals surface area contributed by atoms with Gasteiger partial charge in [0.05, 0.1) is 17.0 Å². The van der Waals surface area contributed by atoms with Crippen LogP contribution in [0.3, 0.4) is 0 Å². The molecule has 4 rings (SSSR count). The van der Waals surface area contributed by atoms with Crippen LogP contribution < -0.4 is 10.5 Å². The molecule has 2 heterocycles. The van der Waals surface area contributed by atoms with Crippen molar-refractivity contribution in [3.8, 4) is 5.75 Å². The number of carbonyl (C=O) groups excluding carboxylic acids is 1. The molecular weight excluding hydrogens is 407 g/mol. The van der Waals surface area contributed by atoms with Gasteiger partial charge in [-0.25, -0.2) is 4.39 Å². The van der Waals surface area contributed by atoms with Gasteiger partial charge in [0.15, 0.2) is 18.3 Å². The number of allylic oxidation sites excluding steroid dienone is 1. The predicted molar refractivity (Wildman–Crippen MR) is 123 cm³/mol. The summed E-state index contributed by atoms with van der Waals surface area (Å²) in [5, 5.41) is 0. The van der Waals surface area contributed by atoms with Crippen LogP contribution in [0.25, 0.3) is 5.70 Å². The Morgan fingerprint density at radius 3 is 2.81 bits per heavy atom. The van der Waals surface area contributed by atoms with Crippen LogP contribution in [-0.4, -0.2) is 41.8 Å². The second-order valence-electron chi connectivity index (χ2n) is 8.45. The van der Waals surface area contributed by atoms with Crippen LogP contribution in [0, 0.1) is 12.7 Å². The smallest absolute Gasteiger partial charge is 0.260 e. The lowest BCUT2D eigenvalue weighted by Gasteiger charge is -2.37. The van der Waals surface area contributed by atoms with E-state index in [1.165, 1.54) is 6.42 Å². The number of rotatable bonds is 5. The zero-order valence-corrected chi connectivity index (χ0v) is 18.6. The normalized spacial score (nSPS) is 17.5. The Morgan fingerprint density at radius 1 is 1.34 bits per heavy atom. The van der Waals surface area contributed by atoms with E-state index in [2.05, 4.69) is 9.98 Å². The van der Waals surface area contributed by atoms with Crippen molar-refractivity contribution in [2.24, 2.45) is 10.7 Å². The number of benzene rings is 1. The maximum absolute atomic E-state index is 15.1. The average Bonchev–Trinajstić information content (AvgIpc) is 2.82. The first-order valence-corrected chi connectivity index (χ1v) is 11.1. The predicted octanol–water partition coefficient (Wildman–Crippen LogP) is 4.24. The highest BCUT2D eigenvalue weighted by molar-refractivity contribution is 5.98. The molecule has 168 valence electrons. The van der Waals surface area contributed by atoms with E-state index in [1.54, 1.807) is 43.4 Å². The molecule has 0 spiro atoms. The monoisotopic (exact) mass is 436 g/mol. The fraction of sp³-hybridized carbons (Fsp3) is 0.400. The molecule has 32 heavy (non-hydrogen) atoms. The standard InChI is InChI=1S/C25H29FN4O2/c1-16-18(12-17-8-9-22(29-14-17)21(27)10-11-28-2)13-20-24(23(16)26)32-15-30(25(20)31)19-6-4-3-5-7-19/h8-11,13-14,19H,3-7,12,15,27H2,1-2H3. The van der Waals surface area contributed by atoms with Gasteiger partial charge in [0.25, 0.3) is 5.91 Å². The number of aromatic nitrogens is 1. The SMILES string of the molecule is CN=CC=C(N)c1ccc(Cc2cc3c(c(F)c2C)OCN(C2CCCCC2)C3=O)cn1. The van der Waals surface area contributed by atoms with Crippen molar-refractivity contribution in [1.29, 1.82) is 0 Å². The highest BCUT2D eigenvalue weighted by atomic mass is 19.1. The molecule has 1 amide bonds. The van der Waals surface area contributed by atoms with Crippen molar-refractivity contribution >= 4 is 17.8 Å². The van der Waals surface area contributed by atoms with E-state index in [-0.39, 0.29) is 24.4 Å². The Labute approximate surface area is 188 Å². The zero-order chi connectivity index (χ0) is 22.7. The Morgan fingerprint density at radius 2 is 2.12 bits per heavy atom. The number of pyridine rings is 1. The number of hydrogen-bond donors (Lipinski definition) is 1. The van der Waals surface area contributed by atoms with Crippen LogP contribution >= 0.6 is 0 Å². The van der Waals surface area contributed by atoms with Gasteiger partial charge in [0.2, 0.25) is 0 Å². The van der Waals surface area contributed by atoms with Gasteiger partial charge in [-0.05, 0) is 61.1 Å². The highest BCUT2D eigenvalue weighted by Crippen LogP contribution is 2.35. The lowest BCUT2D eigenvalue weighted by molar-refractivity contribution is 0.0305. The number of hydrogen-bond acceptors (Lipinski definition) is 5. The highest BCUT2D eigenvalue weighted by Gasteiger charge is 2.34. The largest absolute Gasteiger partial charge is 0.469 e. The van der Waals surface area contributed by atoms with Gasteiger partial charge >= 0.3 is 0 Å². The summed E-state index contributed by atoms with van der Waals surface area (Å²) >= 11 is 0. The quantitative estimate of drug-likeness (QED) is 0.711. The van der Waals surface area contributed by atoms with E-state index in [0.29, 0.717) is 28.9 Å². The molecule has 1 aromatic heterocycles. The Balaban J connectivity index is 1.59. The Bertz CT molecular complexity index is 1060. The van der Waals surface area contributed by atoms with Crippen molar-refractivity contribution in [3.63, 3.8) is 0 Å². The number of amides is 1. The summed E-state index contributed by atoms with van der Waals surface area (Å²) in [7, 11) is 1.67. The number of halogens is 1. The first kappa shape index (κ1) is 22.0. The molecule has 2 N–H and O–H groups in total. The molecule has 0 atom stereocenters. The molecule has 0 unspecified atom stereocenters. The summed E-state index contributed by atoms with van der Waals surface area (Å²) in [5.41, 5.74) is 9.62. The molecule has 0 radical (unpaired) electrons. The first-order valence-electron chi connectivity index (χ1n) is 11.1. The van der Waals surface area contributed by atoms with Crippen LogP contribution in [0.15, 0.2) is 35.5 Å². The third kappa shape index (κ3) is 4.38. The van der Waals surface area contributed by atoms with E-state index < -0.39 is 5.82 Å². The third-order valence-corrected chi connectivity index (χ3v) is 6.35. The molecule has 6 nitrogen and oxygen atoms in total. The number of carbonyl (C=O) groups is 1. The van der Waals surface area contributed by atoms with Gasteiger partial charge in [-0.3, -0.25) is 14.8 Å². The molecule has 0 saturated heterocycles. The topological polar surface area (TPSA) is 80.8 Å².